The summed E-state index contributed by atoms with van der Waals surface area (Å²) in [7, 11) is 0. The largest absolute Gasteiger partial charge is 0.352 e. The van der Waals surface area contributed by atoms with Crippen molar-refractivity contribution in [3.8, 4) is 0 Å². The summed E-state index contributed by atoms with van der Waals surface area (Å²) in [6, 6.07) is 8.40. The third-order valence-corrected chi connectivity index (χ3v) is 3.86. The molecule has 0 radical (unpaired) electrons. The Kier molecular flexibility index (Phi) is 3.71. The van der Waals surface area contributed by atoms with E-state index < -0.39 is 5.54 Å². The topological polar surface area (TPSA) is 55.1 Å². The molecular formula is C15H22N2O. The number of carbonyl (C=O) groups excluding carboxylic acids is 1. The second kappa shape index (κ2) is 5.11. The van der Waals surface area contributed by atoms with Crippen molar-refractivity contribution < 1.29 is 4.79 Å². The van der Waals surface area contributed by atoms with Crippen LogP contribution in [0.5, 0.6) is 0 Å². The summed E-state index contributed by atoms with van der Waals surface area (Å²) >= 11 is 0. The highest BCUT2D eigenvalue weighted by molar-refractivity contribution is 5.87. The Bertz CT molecular complexity index is 438. The number of nitrogens with one attached hydrogen (secondary N) is 1. The van der Waals surface area contributed by atoms with E-state index >= 15 is 0 Å². The van der Waals surface area contributed by atoms with E-state index in [4.69, 9.17) is 5.73 Å². The molecule has 0 spiro atoms. The molecule has 18 heavy (non-hydrogen) atoms. The van der Waals surface area contributed by atoms with E-state index in [0.717, 1.165) is 25.7 Å². The zero-order valence-electron chi connectivity index (χ0n) is 11.2. The van der Waals surface area contributed by atoms with Crippen LogP contribution in [0.2, 0.25) is 0 Å². The van der Waals surface area contributed by atoms with E-state index in [0.29, 0.717) is 0 Å². The summed E-state index contributed by atoms with van der Waals surface area (Å²) < 4.78 is 0. The monoisotopic (exact) mass is 246 g/mol. The van der Waals surface area contributed by atoms with Gasteiger partial charge in [0.25, 0.3) is 0 Å². The summed E-state index contributed by atoms with van der Waals surface area (Å²) in [5.41, 5.74) is 7.96. The normalized spacial score (nSPS) is 18.8. The van der Waals surface area contributed by atoms with Gasteiger partial charge in [-0.3, -0.25) is 4.79 Å². The lowest BCUT2D eigenvalue weighted by Gasteiger charge is -2.37. The maximum atomic E-state index is 12.0. The van der Waals surface area contributed by atoms with Gasteiger partial charge >= 0.3 is 0 Å². The summed E-state index contributed by atoms with van der Waals surface area (Å²) in [6.45, 7) is 4.13. The first-order valence-electron chi connectivity index (χ1n) is 6.66. The Morgan fingerprint density at radius 1 is 1.44 bits per heavy atom. The van der Waals surface area contributed by atoms with Crippen molar-refractivity contribution in [2.75, 3.05) is 0 Å². The van der Waals surface area contributed by atoms with Gasteiger partial charge < -0.3 is 11.1 Å². The van der Waals surface area contributed by atoms with Crippen LogP contribution in [0.25, 0.3) is 0 Å². The number of benzene rings is 1. The molecule has 0 saturated heterocycles. The molecule has 0 heterocycles. The Balaban J connectivity index is 1.91. The number of aryl methyl sites for hydroxylation is 1. The van der Waals surface area contributed by atoms with E-state index in [1.807, 2.05) is 19.1 Å². The lowest BCUT2D eigenvalue weighted by Crippen LogP contribution is -2.60. The Morgan fingerprint density at radius 2 is 2.11 bits per heavy atom. The minimum absolute atomic E-state index is 0.00911. The number of hydrogen-bond donors (Lipinski definition) is 2. The molecule has 1 aliphatic rings. The van der Waals surface area contributed by atoms with Gasteiger partial charge in [-0.15, -0.1) is 0 Å². The van der Waals surface area contributed by atoms with Crippen LogP contribution in [-0.2, 0) is 11.2 Å². The van der Waals surface area contributed by atoms with Crippen molar-refractivity contribution in [2.24, 2.45) is 5.73 Å². The van der Waals surface area contributed by atoms with Crippen LogP contribution in [0.4, 0.5) is 0 Å². The summed E-state index contributed by atoms with van der Waals surface area (Å²) in [6.07, 6.45) is 3.55. The highest BCUT2D eigenvalue weighted by Gasteiger charge is 2.40. The molecule has 1 saturated carbocycles. The molecule has 1 aromatic rings. The lowest BCUT2D eigenvalue weighted by molar-refractivity contribution is -0.129. The van der Waals surface area contributed by atoms with Gasteiger partial charge in [0, 0.05) is 6.04 Å². The third-order valence-electron chi connectivity index (χ3n) is 3.86. The quantitative estimate of drug-likeness (QED) is 0.853. The van der Waals surface area contributed by atoms with Gasteiger partial charge in [-0.05, 0) is 50.7 Å². The summed E-state index contributed by atoms with van der Waals surface area (Å²) in [5.74, 6) is 0.00911. The molecule has 1 fully saturated rings. The highest BCUT2D eigenvalue weighted by atomic mass is 16.2. The third kappa shape index (κ3) is 2.72. The number of hydrogen-bond acceptors (Lipinski definition) is 2. The molecule has 3 nitrogen and oxygen atoms in total. The molecule has 1 amide bonds. The Morgan fingerprint density at radius 3 is 2.67 bits per heavy atom. The summed E-state index contributed by atoms with van der Waals surface area (Å²) in [4.78, 5) is 12.0. The molecule has 0 aromatic heterocycles. The van der Waals surface area contributed by atoms with Crippen molar-refractivity contribution in [1.82, 2.24) is 5.32 Å². The van der Waals surface area contributed by atoms with Gasteiger partial charge in [0.15, 0.2) is 0 Å². The fraction of sp³-hybridized carbons (Fsp3) is 0.533. The van der Waals surface area contributed by atoms with Gasteiger partial charge in [-0.2, -0.15) is 0 Å². The molecule has 1 unspecified atom stereocenters. The Labute approximate surface area is 109 Å². The van der Waals surface area contributed by atoms with Gasteiger partial charge in [-0.1, -0.05) is 24.3 Å². The molecular weight excluding hydrogens is 224 g/mol. The number of amides is 1. The van der Waals surface area contributed by atoms with Crippen LogP contribution < -0.4 is 11.1 Å². The SMILES string of the molecule is Cc1ccccc1CC(C)NC(=O)C1(N)CCC1. The molecule has 1 aromatic carbocycles. The highest BCUT2D eigenvalue weighted by Crippen LogP contribution is 2.29. The van der Waals surface area contributed by atoms with Crippen LogP contribution in [0.15, 0.2) is 24.3 Å². The molecule has 98 valence electrons. The average Bonchev–Trinajstić information content (AvgIpc) is 2.29. The minimum atomic E-state index is -0.597. The lowest BCUT2D eigenvalue weighted by atomic mass is 9.77. The Hall–Kier alpha value is -1.35. The average molecular weight is 246 g/mol. The first-order valence-corrected chi connectivity index (χ1v) is 6.66. The molecule has 3 heteroatoms. The minimum Gasteiger partial charge on any atom is -0.352 e. The zero-order chi connectivity index (χ0) is 13.2. The fourth-order valence-corrected chi connectivity index (χ4v) is 2.37. The predicted octanol–water partition coefficient (Wildman–Crippen LogP) is 1.92. The van der Waals surface area contributed by atoms with Crippen LogP contribution >= 0.6 is 0 Å². The van der Waals surface area contributed by atoms with Crippen LogP contribution in [0, 0.1) is 6.92 Å². The first-order chi connectivity index (χ1) is 8.51. The number of rotatable bonds is 4. The molecule has 0 aliphatic heterocycles. The fourth-order valence-electron chi connectivity index (χ4n) is 2.37. The predicted molar refractivity (Wildman–Crippen MR) is 73.3 cm³/mol. The molecule has 1 atom stereocenters. The van der Waals surface area contributed by atoms with Gasteiger partial charge in [0.2, 0.25) is 5.91 Å². The van der Waals surface area contributed by atoms with Crippen molar-refractivity contribution in [3.05, 3.63) is 35.4 Å². The molecule has 0 bridgehead atoms. The van der Waals surface area contributed by atoms with Crippen molar-refractivity contribution >= 4 is 5.91 Å². The maximum Gasteiger partial charge on any atom is 0.240 e. The van der Waals surface area contributed by atoms with Crippen LogP contribution in [0.1, 0.15) is 37.3 Å². The van der Waals surface area contributed by atoms with E-state index in [1.165, 1.54) is 11.1 Å². The molecule has 3 N–H and O–H groups in total. The standard InChI is InChI=1S/C15H22N2O/c1-11-6-3-4-7-13(11)10-12(2)17-14(18)15(16)8-5-9-15/h3-4,6-7,12H,5,8-10,16H2,1-2H3,(H,17,18). The second-order valence-corrected chi connectivity index (χ2v) is 5.51. The smallest absolute Gasteiger partial charge is 0.240 e. The van der Waals surface area contributed by atoms with E-state index in [1.54, 1.807) is 0 Å². The van der Waals surface area contributed by atoms with Crippen LogP contribution in [-0.4, -0.2) is 17.5 Å². The number of carbonyl (C=O) groups is 1. The second-order valence-electron chi connectivity index (χ2n) is 5.51. The molecule has 2 rings (SSSR count). The van der Waals surface area contributed by atoms with Crippen molar-refractivity contribution in [2.45, 2.75) is 51.1 Å². The van der Waals surface area contributed by atoms with E-state index in [-0.39, 0.29) is 11.9 Å². The van der Waals surface area contributed by atoms with E-state index in [9.17, 15) is 4.79 Å². The van der Waals surface area contributed by atoms with Crippen molar-refractivity contribution in [1.29, 1.82) is 0 Å². The van der Waals surface area contributed by atoms with Crippen LogP contribution in [0.3, 0.4) is 0 Å². The first kappa shape index (κ1) is 13.1. The maximum absolute atomic E-state index is 12.0. The zero-order valence-corrected chi connectivity index (χ0v) is 11.2. The molecule has 1 aliphatic carbocycles. The van der Waals surface area contributed by atoms with Gasteiger partial charge in [-0.25, -0.2) is 0 Å². The van der Waals surface area contributed by atoms with Gasteiger partial charge in [0.1, 0.15) is 0 Å². The number of nitrogens with two attached hydrogens (primary N) is 1. The van der Waals surface area contributed by atoms with Gasteiger partial charge in [0.05, 0.1) is 5.54 Å². The van der Waals surface area contributed by atoms with Crippen molar-refractivity contribution in [3.63, 3.8) is 0 Å². The van der Waals surface area contributed by atoms with E-state index in [2.05, 4.69) is 24.4 Å². The summed E-state index contributed by atoms with van der Waals surface area (Å²) in [5, 5.41) is 3.03.